The molecule has 118 valence electrons. The number of hydrogen-bond acceptors (Lipinski definition) is 7. The van der Waals surface area contributed by atoms with E-state index >= 15 is 0 Å². The summed E-state index contributed by atoms with van der Waals surface area (Å²) in [5.41, 5.74) is 0.0226. The summed E-state index contributed by atoms with van der Waals surface area (Å²) >= 11 is 0. The van der Waals surface area contributed by atoms with Gasteiger partial charge in [-0.25, -0.2) is 9.97 Å². The predicted molar refractivity (Wildman–Crippen MR) is 75.1 cm³/mol. The molecule has 2 aromatic heterocycles. The zero-order chi connectivity index (χ0) is 15.7. The molecule has 0 unspecified atom stereocenters. The zero-order valence-electron chi connectivity index (χ0n) is 11.6. The first-order valence-electron chi connectivity index (χ1n) is 6.74. The van der Waals surface area contributed by atoms with Crippen LogP contribution in [0.15, 0.2) is 30.1 Å². The van der Waals surface area contributed by atoms with E-state index in [-0.39, 0.29) is 23.3 Å². The van der Waals surface area contributed by atoms with Gasteiger partial charge in [-0.1, -0.05) is 6.08 Å². The molecule has 1 fully saturated rings. The van der Waals surface area contributed by atoms with Crippen LogP contribution in [0.4, 0.5) is 0 Å². The maximum absolute atomic E-state index is 11.6. The summed E-state index contributed by atoms with van der Waals surface area (Å²) in [4.78, 5) is 22.1. The molecule has 3 rings (SSSR count). The van der Waals surface area contributed by atoms with Gasteiger partial charge in [0.25, 0.3) is 5.56 Å². The van der Waals surface area contributed by atoms with Crippen molar-refractivity contribution in [3.05, 3.63) is 35.7 Å². The zero-order valence-corrected chi connectivity index (χ0v) is 11.6. The summed E-state index contributed by atoms with van der Waals surface area (Å²) in [6, 6.07) is 0. The molecule has 0 aromatic carbocycles. The van der Waals surface area contributed by atoms with E-state index in [0.29, 0.717) is 6.61 Å². The van der Waals surface area contributed by atoms with Crippen molar-refractivity contribution in [3.63, 3.8) is 0 Å². The fourth-order valence-electron chi connectivity index (χ4n) is 2.41. The van der Waals surface area contributed by atoms with Crippen molar-refractivity contribution in [1.29, 1.82) is 0 Å². The van der Waals surface area contributed by atoms with Gasteiger partial charge in [0.1, 0.15) is 18.3 Å². The minimum absolute atomic E-state index is 0.112. The third kappa shape index (κ3) is 2.44. The van der Waals surface area contributed by atoms with Gasteiger partial charge in [-0.05, 0) is 0 Å². The lowest BCUT2D eigenvalue weighted by Gasteiger charge is -2.16. The van der Waals surface area contributed by atoms with E-state index in [4.69, 9.17) is 9.47 Å². The van der Waals surface area contributed by atoms with Crippen molar-refractivity contribution in [2.45, 2.75) is 24.5 Å². The predicted octanol–water partition coefficient (Wildman–Crippen LogP) is -1.06. The molecule has 0 radical (unpaired) electrons. The molecule has 1 saturated heterocycles. The minimum atomic E-state index is -1.18. The quantitative estimate of drug-likeness (QED) is 0.475. The molecular formula is C13H16N4O5. The maximum atomic E-state index is 11.6. The first-order chi connectivity index (χ1) is 10.6. The van der Waals surface area contributed by atoms with E-state index in [1.54, 1.807) is 6.08 Å². The van der Waals surface area contributed by atoms with Crippen LogP contribution in [-0.2, 0) is 9.47 Å². The smallest absolute Gasteiger partial charge is 0.278 e. The summed E-state index contributed by atoms with van der Waals surface area (Å²) in [6.45, 7) is 3.96. The number of rotatable bonds is 5. The Morgan fingerprint density at radius 2 is 2.27 bits per heavy atom. The molecule has 3 heterocycles. The van der Waals surface area contributed by atoms with Crippen LogP contribution in [0, 0.1) is 0 Å². The first kappa shape index (κ1) is 14.9. The highest BCUT2D eigenvalue weighted by atomic mass is 16.6. The van der Waals surface area contributed by atoms with Gasteiger partial charge in [-0.15, -0.1) is 6.58 Å². The summed E-state index contributed by atoms with van der Waals surface area (Å²) in [7, 11) is 0. The highest BCUT2D eigenvalue weighted by Crippen LogP contribution is 2.30. The Bertz CT molecular complexity index is 727. The molecule has 0 saturated carbocycles. The van der Waals surface area contributed by atoms with Crippen molar-refractivity contribution < 1.29 is 19.7 Å². The van der Waals surface area contributed by atoms with Gasteiger partial charge in [-0.3, -0.25) is 9.36 Å². The van der Waals surface area contributed by atoms with Crippen LogP contribution in [0.2, 0.25) is 0 Å². The number of nitrogens with zero attached hydrogens (tertiary/aromatic N) is 3. The number of fused-ring (bicyclic) bond motifs is 1. The molecule has 9 heteroatoms. The maximum Gasteiger partial charge on any atom is 0.278 e. The van der Waals surface area contributed by atoms with E-state index < -0.39 is 24.5 Å². The Balaban J connectivity index is 1.86. The summed E-state index contributed by atoms with van der Waals surface area (Å²) in [5.74, 6) is 0. The number of imidazole rings is 1. The number of aromatic nitrogens is 4. The number of hydrogen-bond donors (Lipinski definition) is 3. The van der Waals surface area contributed by atoms with Crippen LogP contribution < -0.4 is 5.56 Å². The van der Waals surface area contributed by atoms with E-state index in [9.17, 15) is 15.0 Å². The van der Waals surface area contributed by atoms with Crippen LogP contribution in [0.1, 0.15) is 6.23 Å². The standard InChI is InChI=1S/C13H16N4O5/c1-2-3-21-4-7-9(18)10(19)13(22-7)17-6-16-8-11(17)14-5-15-12(8)20/h2,5-7,9-10,13,18-19H,1,3-4H2,(H,14,15,20)/t7-,9-,10-,13-/m1/s1. The number of ether oxygens (including phenoxy) is 2. The van der Waals surface area contributed by atoms with Crippen molar-refractivity contribution in [2.75, 3.05) is 13.2 Å². The van der Waals surface area contributed by atoms with Gasteiger partial charge in [-0.2, -0.15) is 0 Å². The largest absolute Gasteiger partial charge is 0.387 e. The average molecular weight is 308 g/mol. The molecule has 1 aliphatic heterocycles. The second kappa shape index (κ2) is 5.97. The summed E-state index contributed by atoms with van der Waals surface area (Å²) < 4.78 is 12.3. The number of H-pyrrole nitrogens is 1. The summed E-state index contributed by atoms with van der Waals surface area (Å²) in [6.07, 6.45) is 0.275. The van der Waals surface area contributed by atoms with Crippen LogP contribution in [0.5, 0.6) is 0 Å². The Morgan fingerprint density at radius 1 is 1.45 bits per heavy atom. The average Bonchev–Trinajstić information content (AvgIpc) is 3.05. The van der Waals surface area contributed by atoms with E-state index in [2.05, 4.69) is 21.5 Å². The van der Waals surface area contributed by atoms with Gasteiger partial charge in [0, 0.05) is 0 Å². The molecule has 1 aliphatic rings. The van der Waals surface area contributed by atoms with Gasteiger partial charge in [0.05, 0.1) is 25.9 Å². The fraction of sp³-hybridized carbons (Fsp3) is 0.462. The Hall–Kier alpha value is -2.07. The number of nitrogens with one attached hydrogen (secondary N) is 1. The lowest BCUT2D eigenvalue weighted by atomic mass is 10.1. The molecule has 0 bridgehead atoms. The second-order valence-electron chi connectivity index (χ2n) is 4.93. The Morgan fingerprint density at radius 3 is 3.05 bits per heavy atom. The Labute approximate surface area is 124 Å². The van der Waals surface area contributed by atoms with Crippen LogP contribution in [0.3, 0.4) is 0 Å². The molecule has 4 atom stereocenters. The molecular weight excluding hydrogens is 292 g/mol. The molecule has 0 amide bonds. The van der Waals surface area contributed by atoms with Gasteiger partial charge < -0.3 is 24.7 Å². The number of aliphatic hydroxyl groups is 2. The second-order valence-corrected chi connectivity index (χ2v) is 4.93. The van der Waals surface area contributed by atoms with Crippen molar-refractivity contribution in [3.8, 4) is 0 Å². The topological polar surface area (TPSA) is 122 Å². The molecule has 2 aromatic rings. The lowest BCUT2D eigenvalue weighted by Crippen LogP contribution is -2.33. The molecule has 9 nitrogen and oxygen atoms in total. The molecule has 3 N–H and O–H groups in total. The van der Waals surface area contributed by atoms with Gasteiger partial charge >= 0.3 is 0 Å². The van der Waals surface area contributed by atoms with Crippen LogP contribution in [0.25, 0.3) is 11.2 Å². The minimum Gasteiger partial charge on any atom is -0.387 e. The van der Waals surface area contributed by atoms with Crippen molar-refractivity contribution >= 4 is 11.2 Å². The lowest BCUT2D eigenvalue weighted by molar-refractivity contribution is -0.0620. The SMILES string of the molecule is C=CCOC[C@H]1O[C@@H](n2cnc3c(=O)[nH]cnc32)[C@H](O)[C@@H]1O. The van der Waals surface area contributed by atoms with Gasteiger partial charge in [0.15, 0.2) is 17.4 Å². The number of aliphatic hydroxyl groups excluding tert-OH is 2. The monoisotopic (exact) mass is 308 g/mol. The fourth-order valence-corrected chi connectivity index (χ4v) is 2.41. The highest BCUT2D eigenvalue weighted by Gasteiger charge is 2.44. The molecule has 22 heavy (non-hydrogen) atoms. The number of aromatic amines is 1. The summed E-state index contributed by atoms with van der Waals surface area (Å²) in [5, 5.41) is 20.2. The third-order valence-corrected chi connectivity index (χ3v) is 3.49. The van der Waals surface area contributed by atoms with Gasteiger partial charge in [0.2, 0.25) is 0 Å². The van der Waals surface area contributed by atoms with Crippen molar-refractivity contribution in [1.82, 2.24) is 19.5 Å². The van der Waals surface area contributed by atoms with E-state index in [0.717, 1.165) is 0 Å². The molecule has 0 aliphatic carbocycles. The highest BCUT2D eigenvalue weighted by molar-refractivity contribution is 5.68. The van der Waals surface area contributed by atoms with Crippen LogP contribution in [-0.4, -0.2) is 61.3 Å². The third-order valence-electron chi connectivity index (χ3n) is 3.49. The van der Waals surface area contributed by atoms with E-state index in [1.165, 1.54) is 17.2 Å². The first-order valence-corrected chi connectivity index (χ1v) is 6.74. The molecule has 0 spiro atoms. The van der Waals surface area contributed by atoms with Crippen LogP contribution >= 0.6 is 0 Å². The Kier molecular flexibility index (Phi) is 4.03. The van der Waals surface area contributed by atoms with E-state index in [1.807, 2.05) is 0 Å². The van der Waals surface area contributed by atoms with Crippen molar-refractivity contribution in [2.24, 2.45) is 0 Å². The normalized spacial score (nSPS) is 28.3.